The number of hydrogen-bond acceptors (Lipinski definition) is 4. The highest BCUT2D eigenvalue weighted by molar-refractivity contribution is 7.92. The average molecular weight is 486 g/mol. The van der Waals surface area contributed by atoms with Gasteiger partial charge in [0.2, 0.25) is 21.8 Å². The summed E-state index contributed by atoms with van der Waals surface area (Å²) >= 11 is 0. The second-order valence-corrected chi connectivity index (χ2v) is 10.8. The van der Waals surface area contributed by atoms with Gasteiger partial charge in [0, 0.05) is 12.6 Å². The Labute approximate surface area is 203 Å². The standard InChI is InChI=1S/C26H35N3O4S/c1-4-22-14-8-11-17-24(22)29(34(3,32)33)19-25(30)28(18-21-12-6-5-7-13-21)20(2)26(31)27-23-15-9-10-16-23/h5-8,11-14,17,20,23H,4,9-10,15-16,18-19H2,1-3H3,(H,27,31). The molecule has 1 atom stereocenters. The zero-order valence-corrected chi connectivity index (χ0v) is 21.1. The molecule has 0 aromatic heterocycles. The molecule has 2 aromatic rings. The van der Waals surface area contributed by atoms with Crippen molar-refractivity contribution in [3.05, 3.63) is 65.7 Å². The van der Waals surface area contributed by atoms with Crippen LogP contribution in [0.25, 0.3) is 0 Å². The first-order chi connectivity index (χ1) is 16.2. The van der Waals surface area contributed by atoms with Crippen LogP contribution < -0.4 is 9.62 Å². The molecule has 34 heavy (non-hydrogen) atoms. The average Bonchev–Trinajstić information content (AvgIpc) is 3.33. The van der Waals surface area contributed by atoms with E-state index in [1.54, 1.807) is 19.1 Å². The molecule has 1 aliphatic carbocycles. The first-order valence-corrected chi connectivity index (χ1v) is 13.7. The summed E-state index contributed by atoms with van der Waals surface area (Å²) in [5.74, 6) is -0.634. The molecular formula is C26H35N3O4S. The van der Waals surface area contributed by atoms with Crippen molar-refractivity contribution in [2.75, 3.05) is 17.1 Å². The van der Waals surface area contributed by atoms with Gasteiger partial charge in [-0.2, -0.15) is 0 Å². The van der Waals surface area contributed by atoms with Crippen LogP contribution in [0.2, 0.25) is 0 Å². The van der Waals surface area contributed by atoms with Crippen molar-refractivity contribution < 1.29 is 18.0 Å². The van der Waals surface area contributed by atoms with Crippen LogP contribution in [-0.4, -0.2) is 50.0 Å². The molecule has 2 amide bonds. The van der Waals surface area contributed by atoms with Gasteiger partial charge in [-0.25, -0.2) is 8.42 Å². The molecule has 0 saturated heterocycles. The van der Waals surface area contributed by atoms with E-state index in [9.17, 15) is 18.0 Å². The minimum atomic E-state index is -3.73. The van der Waals surface area contributed by atoms with E-state index in [0.29, 0.717) is 12.1 Å². The third kappa shape index (κ3) is 6.59. The quantitative estimate of drug-likeness (QED) is 0.558. The Morgan fingerprint density at radius 1 is 1.03 bits per heavy atom. The van der Waals surface area contributed by atoms with E-state index >= 15 is 0 Å². The van der Waals surface area contributed by atoms with Gasteiger partial charge < -0.3 is 10.2 Å². The van der Waals surface area contributed by atoms with Gasteiger partial charge in [0.05, 0.1) is 11.9 Å². The SMILES string of the molecule is CCc1ccccc1N(CC(=O)N(Cc1ccccc1)C(C)C(=O)NC1CCCC1)S(C)(=O)=O. The van der Waals surface area contributed by atoms with Gasteiger partial charge in [-0.05, 0) is 43.4 Å². The van der Waals surface area contributed by atoms with E-state index in [2.05, 4.69) is 5.32 Å². The molecule has 1 saturated carbocycles. The van der Waals surface area contributed by atoms with Crippen molar-refractivity contribution in [2.24, 2.45) is 0 Å². The molecule has 0 bridgehead atoms. The molecule has 7 nitrogen and oxygen atoms in total. The number of carbonyl (C=O) groups is 2. The molecule has 2 aromatic carbocycles. The molecule has 0 radical (unpaired) electrons. The smallest absolute Gasteiger partial charge is 0.244 e. The lowest BCUT2D eigenvalue weighted by atomic mass is 10.1. The molecular weight excluding hydrogens is 450 g/mol. The monoisotopic (exact) mass is 485 g/mol. The molecule has 1 fully saturated rings. The van der Waals surface area contributed by atoms with Gasteiger partial charge >= 0.3 is 0 Å². The third-order valence-electron chi connectivity index (χ3n) is 6.39. The summed E-state index contributed by atoms with van der Waals surface area (Å²) in [5.41, 5.74) is 2.20. The summed E-state index contributed by atoms with van der Waals surface area (Å²) in [4.78, 5) is 28.1. The third-order valence-corrected chi connectivity index (χ3v) is 7.51. The number of nitrogens with one attached hydrogen (secondary N) is 1. The first-order valence-electron chi connectivity index (χ1n) is 11.9. The van der Waals surface area contributed by atoms with E-state index in [1.165, 1.54) is 4.90 Å². The fraction of sp³-hybridized carbons (Fsp3) is 0.462. The first kappa shape index (κ1) is 25.7. The number of nitrogens with zero attached hydrogens (tertiary/aromatic N) is 2. The number of amides is 2. The van der Waals surface area contributed by atoms with Crippen LogP contribution in [0.3, 0.4) is 0 Å². The fourth-order valence-electron chi connectivity index (χ4n) is 4.40. The molecule has 184 valence electrons. The Hall–Kier alpha value is -2.87. The van der Waals surface area contributed by atoms with Gasteiger partial charge in [-0.1, -0.05) is 68.3 Å². The maximum atomic E-state index is 13.6. The zero-order chi connectivity index (χ0) is 24.7. The Morgan fingerprint density at radius 2 is 1.65 bits per heavy atom. The molecule has 0 aliphatic heterocycles. The highest BCUT2D eigenvalue weighted by atomic mass is 32.2. The van der Waals surface area contributed by atoms with E-state index in [1.807, 2.05) is 49.4 Å². The summed E-state index contributed by atoms with van der Waals surface area (Å²) in [6.07, 6.45) is 5.80. The lowest BCUT2D eigenvalue weighted by Crippen LogP contribution is -2.52. The summed E-state index contributed by atoms with van der Waals surface area (Å²) in [5, 5.41) is 3.07. The van der Waals surface area contributed by atoms with Crippen LogP contribution in [-0.2, 0) is 32.6 Å². The highest BCUT2D eigenvalue weighted by Gasteiger charge is 2.31. The second-order valence-electron chi connectivity index (χ2n) is 8.93. The number of carbonyl (C=O) groups excluding carboxylic acids is 2. The molecule has 0 spiro atoms. The van der Waals surface area contributed by atoms with Gasteiger partial charge in [0.15, 0.2) is 0 Å². The van der Waals surface area contributed by atoms with Crippen molar-refractivity contribution in [2.45, 2.75) is 64.6 Å². The summed E-state index contributed by atoms with van der Waals surface area (Å²) in [6.45, 7) is 3.49. The van der Waals surface area contributed by atoms with Crippen LogP contribution in [0.4, 0.5) is 5.69 Å². The van der Waals surface area contributed by atoms with Gasteiger partial charge in [0.1, 0.15) is 12.6 Å². The summed E-state index contributed by atoms with van der Waals surface area (Å²) in [6, 6.07) is 16.0. The van der Waals surface area contributed by atoms with Crippen LogP contribution >= 0.6 is 0 Å². The Bertz CT molecular complexity index is 1080. The van der Waals surface area contributed by atoms with Gasteiger partial charge in [0.25, 0.3) is 0 Å². The fourth-order valence-corrected chi connectivity index (χ4v) is 5.28. The lowest BCUT2D eigenvalue weighted by molar-refractivity contribution is -0.139. The topological polar surface area (TPSA) is 86.8 Å². The zero-order valence-electron chi connectivity index (χ0n) is 20.2. The van der Waals surface area contributed by atoms with Crippen molar-refractivity contribution in [1.82, 2.24) is 10.2 Å². The summed E-state index contributed by atoms with van der Waals surface area (Å²) in [7, 11) is -3.73. The van der Waals surface area contributed by atoms with Crippen molar-refractivity contribution >= 4 is 27.5 Å². The number of anilines is 1. The van der Waals surface area contributed by atoms with Crippen molar-refractivity contribution in [3.63, 3.8) is 0 Å². The van der Waals surface area contributed by atoms with Gasteiger partial charge in [-0.15, -0.1) is 0 Å². The van der Waals surface area contributed by atoms with Gasteiger partial charge in [-0.3, -0.25) is 13.9 Å². The van der Waals surface area contributed by atoms with Crippen LogP contribution in [0, 0.1) is 0 Å². The summed E-state index contributed by atoms with van der Waals surface area (Å²) < 4.78 is 26.6. The number of hydrogen-bond donors (Lipinski definition) is 1. The Balaban J connectivity index is 1.88. The molecule has 1 unspecified atom stereocenters. The van der Waals surface area contributed by atoms with Crippen LogP contribution in [0.5, 0.6) is 0 Å². The lowest BCUT2D eigenvalue weighted by Gasteiger charge is -2.32. The molecule has 8 heteroatoms. The van der Waals surface area contributed by atoms with Crippen molar-refractivity contribution in [3.8, 4) is 0 Å². The minimum absolute atomic E-state index is 0.132. The number of sulfonamides is 1. The number of benzene rings is 2. The molecule has 3 rings (SSSR count). The highest BCUT2D eigenvalue weighted by Crippen LogP contribution is 2.24. The predicted octanol–water partition coefficient (Wildman–Crippen LogP) is 3.49. The molecule has 0 heterocycles. The maximum Gasteiger partial charge on any atom is 0.244 e. The molecule has 1 N–H and O–H groups in total. The van der Waals surface area contributed by atoms with E-state index in [0.717, 1.165) is 47.4 Å². The van der Waals surface area contributed by atoms with Crippen molar-refractivity contribution in [1.29, 1.82) is 0 Å². The van der Waals surface area contributed by atoms with Crippen LogP contribution in [0.15, 0.2) is 54.6 Å². The Kier molecular flexibility index (Phi) is 8.72. The number of para-hydroxylation sites is 1. The van der Waals surface area contributed by atoms with E-state index in [-0.39, 0.29) is 25.0 Å². The number of rotatable bonds is 10. The number of aryl methyl sites for hydroxylation is 1. The largest absolute Gasteiger partial charge is 0.352 e. The van der Waals surface area contributed by atoms with E-state index < -0.39 is 22.0 Å². The Morgan fingerprint density at radius 3 is 2.26 bits per heavy atom. The second kappa shape index (κ2) is 11.5. The normalized spacial score (nSPS) is 15.0. The molecule has 1 aliphatic rings. The van der Waals surface area contributed by atoms with Crippen LogP contribution in [0.1, 0.15) is 50.7 Å². The maximum absolute atomic E-state index is 13.6. The van der Waals surface area contributed by atoms with E-state index in [4.69, 9.17) is 0 Å². The minimum Gasteiger partial charge on any atom is -0.352 e. The predicted molar refractivity (Wildman–Crippen MR) is 135 cm³/mol.